The second kappa shape index (κ2) is 6.09. The van der Waals surface area contributed by atoms with Crippen molar-refractivity contribution in [3.05, 3.63) is 58.6 Å². The smallest absolute Gasteiger partial charge is 0.265 e. The summed E-state index contributed by atoms with van der Waals surface area (Å²) in [6.45, 7) is 1.90. The van der Waals surface area contributed by atoms with E-state index in [1.165, 1.54) is 6.07 Å². The van der Waals surface area contributed by atoms with Crippen molar-refractivity contribution in [3.8, 4) is 0 Å². The highest BCUT2D eigenvalue weighted by Gasteiger charge is 2.15. The number of alkyl halides is 2. The van der Waals surface area contributed by atoms with E-state index in [9.17, 15) is 8.78 Å². The summed E-state index contributed by atoms with van der Waals surface area (Å²) in [5.41, 5.74) is 7.13. The van der Waals surface area contributed by atoms with Gasteiger partial charge in [-0.15, -0.1) is 0 Å². The van der Waals surface area contributed by atoms with Gasteiger partial charge in [-0.25, -0.2) is 8.78 Å². The Balaban J connectivity index is 2.23. The zero-order valence-corrected chi connectivity index (χ0v) is 11.7. The van der Waals surface area contributed by atoms with Crippen molar-refractivity contribution in [1.82, 2.24) is 0 Å². The zero-order valence-electron chi connectivity index (χ0n) is 10.9. The first-order valence-electron chi connectivity index (χ1n) is 6.17. The zero-order chi connectivity index (χ0) is 14.7. The fraction of sp³-hybridized carbons (Fsp3) is 0.200. The number of halogens is 3. The lowest BCUT2D eigenvalue weighted by Gasteiger charge is -2.19. The van der Waals surface area contributed by atoms with Gasteiger partial charge >= 0.3 is 0 Å². The summed E-state index contributed by atoms with van der Waals surface area (Å²) in [6, 6.07) is 11.6. The molecule has 0 bridgehead atoms. The Morgan fingerprint density at radius 3 is 2.35 bits per heavy atom. The Hall–Kier alpha value is -1.81. The van der Waals surface area contributed by atoms with Crippen LogP contribution in [0.4, 0.5) is 20.2 Å². The number of hydrogen-bond donors (Lipinski definition) is 2. The van der Waals surface area contributed by atoms with E-state index < -0.39 is 6.43 Å². The number of rotatable bonds is 4. The highest BCUT2D eigenvalue weighted by atomic mass is 35.5. The van der Waals surface area contributed by atoms with E-state index in [0.717, 1.165) is 5.56 Å². The third-order valence-corrected chi connectivity index (χ3v) is 3.30. The van der Waals surface area contributed by atoms with Gasteiger partial charge in [0.05, 0.1) is 0 Å². The van der Waals surface area contributed by atoms with E-state index >= 15 is 0 Å². The Kier molecular flexibility index (Phi) is 4.45. The molecule has 0 saturated heterocycles. The molecule has 0 saturated carbocycles. The molecule has 0 spiro atoms. The molecule has 0 aromatic heterocycles. The van der Waals surface area contributed by atoms with Gasteiger partial charge in [-0.3, -0.25) is 0 Å². The fourth-order valence-electron chi connectivity index (χ4n) is 1.96. The van der Waals surface area contributed by atoms with E-state index in [2.05, 4.69) is 5.32 Å². The SMILES string of the molecule is CC(Nc1ccc(N)cc1C(F)F)c1ccc(Cl)cc1. The predicted octanol–water partition coefficient (Wildman–Crippen LogP) is 5.03. The van der Waals surface area contributed by atoms with Crippen LogP contribution in [0.25, 0.3) is 0 Å². The predicted molar refractivity (Wildman–Crippen MR) is 79.3 cm³/mol. The van der Waals surface area contributed by atoms with Crippen molar-refractivity contribution < 1.29 is 8.78 Å². The molecule has 20 heavy (non-hydrogen) atoms. The molecule has 0 aliphatic rings. The van der Waals surface area contributed by atoms with E-state index in [1.54, 1.807) is 24.3 Å². The van der Waals surface area contributed by atoms with E-state index in [4.69, 9.17) is 17.3 Å². The standard InChI is InChI=1S/C15H15ClF2N2/c1-9(10-2-4-11(16)5-3-10)20-14-7-6-12(19)8-13(14)15(17)18/h2-9,15,20H,19H2,1H3. The third kappa shape index (κ3) is 3.39. The monoisotopic (exact) mass is 296 g/mol. The maximum atomic E-state index is 13.0. The van der Waals surface area contributed by atoms with Crippen LogP contribution in [0.15, 0.2) is 42.5 Å². The Morgan fingerprint density at radius 2 is 1.75 bits per heavy atom. The summed E-state index contributed by atoms with van der Waals surface area (Å²) in [5.74, 6) is 0. The van der Waals surface area contributed by atoms with Crippen molar-refractivity contribution in [3.63, 3.8) is 0 Å². The van der Waals surface area contributed by atoms with Gasteiger partial charge < -0.3 is 11.1 Å². The van der Waals surface area contributed by atoms with Crippen LogP contribution in [0.5, 0.6) is 0 Å². The molecule has 1 atom stereocenters. The molecule has 106 valence electrons. The minimum Gasteiger partial charge on any atom is -0.399 e. The van der Waals surface area contributed by atoms with E-state index in [1.807, 2.05) is 19.1 Å². The molecule has 0 radical (unpaired) electrons. The molecule has 2 rings (SSSR count). The summed E-state index contributed by atoms with van der Waals surface area (Å²) in [4.78, 5) is 0. The van der Waals surface area contributed by atoms with E-state index in [-0.39, 0.29) is 11.6 Å². The normalized spacial score (nSPS) is 12.4. The van der Waals surface area contributed by atoms with Crippen LogP contribution in [-0.4, -0.2) is 0 Å². The summed E-state index contributed by atoms with van der Waals surface area (Å²) in [6.07, 6.45) is -2.57. The van der Waals surface area contributed by atoms with Crippen molar-refractivity contribution in [2.24, 2.45) is 0 Å². The van der Waals surface area contributed by atoms with Crippen LogP contribution in [0.3, 0.4) is 0 Å². The lowest BCUT2D eigenvalue weighted by atomic mass is 10.1. The lowest BCUT2D eigenvalue weighted by molar-refractivity contribution is 0.152. The molecular formula is C15H15ClF2N2. The second-order valence-corrected chi connectivity index (χ2v) is 5.00. The topological polar surface area (TPSA) is 38.0 Å². The molecule has 2 aromatic rings. The average molecular weight is 297 g/mol. The Morgan fingerprint density at radius 1 is 1.10 bits per heavy atom. The van der Waals surface area contributed by atoms with Crippen molar-refractivity contribution in [1.29, 1.82) is 0 Å². The second-order valence-electron chi connectivity index (χ2n) is 4.56. The van der Waals surface area contributed by atoms with Crippen molar-refractivity contribution >= 4 is 23.0 Å². The van der Waals surface area contributed by atoms with Crippen LogP contribution in [0.2, 0.25) is 5.02 Å². The molecule has 0 amide bonds. The molecule has 5 heteroatoms. The number of nitrogens with two attached hydrogens (primary N) is 1. The van der Waals surface area contributed by atoms with Crippen LogP contribution in [0.1, 0.15) is 30.5 Å². The van der Waals surface area contributed by atoms with Gasteiger partial charge in [0, 0.05) is 28.0 Å². The first-order valence-corrected chi connectivity index (χ1v) is 6.54. The van der Waals surface area contributed by atoms with Crippen LogP contribution < -0.4 is 11.1 Å². The van der Waals surface area contributed by atoms with Crippen molar-refractivity contribution in [2.45, 2.75) is 19.4 Å². The number of benzene rings is 2. The van der Waals surface area contributed by atoms with Gasteiger partial charge in [0.2, 0.25) is 0 Å². The largest absolute Gasteiger partial charge is 0.399 e. The Labute approximate surface area is 121 Å². The molecule has 1 unspecified atom stereocenters. The van der Waals surface area contributed by atoms with Gasteiger partial charge in [-0.1, -0.05) is 23.7 Å². The summed E-state index contributed by atoms with van der Waals surface area (Å²) < 4.78 is 26.0. The maximum Gasteiger partial charge on any atom is 0.265 e. The average Bonchev–Trinajstić information content (AvgIpc) is 2.41. The number of nitrogen functional groups attached to an aromatic ring is 1. The van der Waals surface area contributed by atoms with Gasteiger partial charge in [0.15, 0.2) is 0 Å². The van der Waals surface area contributed by atoms with E-state index in [0.29, 0.717) is 16.4 Å². The maximum absolute atomic E-state index is 13.0. The number of nitrogens with one attached hydrogen (secondary N) is 1. The van der Waals surface area contributed by atoms with Crippen molar-refractivity contribution in [2.75, 3.05) is 11.1 Å². The molecule has 0 aliphatic carbocycles. The molecular weight excluding hydrogens is 282 g/mol. The van der Waals surface area contributed by atoms with Gasteiger partial charge in [-0.05, 0) is 42.8 Å². The van der Waals surface area contributed by atoms with Gasteiger partial charge in [-0.2, -0.15) is 0 Å². The molecule has 0 aliphatic heterocycles. The van der Waals surface area contributed by atoms with Gasteiger partial charge in [0.25, 0.3) is 6.43 Å². The minimum absolute atomic E-state index is 0.0918. The summed E-state index contributed by atoms with van der Waals surface area (Å²) >= 11 is 5.83. The molecule has 0 fully saturated rings. The molecule has 3 N–H and O–H groups in total. The third-order valence-electron chi connectivity index (χ3n) is 3.05. The van der Waals surface area contributed by atoms with Gasteiger partial charge in [0.1, 0.15) is 0 Å². The highest BCUT2D eigenvalue weighted by molar-refractivity contribution is 6.30. The summed E-state index contributed by atoms with van der Waals surface area (Å²) in [5, 5.41) is 3.72. The lowest BCUT2D eigenvalue weighted by Crippen LogP contribution is -2.09. The quantitative estimate of drug-likeness (QED) is 0.776. The fourth-order valence-corrected chi connectivity index (χ4v) is 2.09. The minimum atomic E-state index is -2.57. The molecule has 2 aromatic carbocycles. The number of anilines is 2. The number of hydrogen-bond acceptors (Lipinski definition) is 2. The molecule has 2 nitrogen and oxygen atoms in total. The first-order chi connectivity index (χ1) is 9.47. The first kappa shape index (κ1) is 14.6. The highest BCUT2D eigenvalue weighted by Crippen LogP contribution is 2.31. The van der Waals surface area contributed by atoms with Crippen LogP contribution >= 0.6 is 11.6 Å². The van der Waals surface area contributed by atoms with Crippen LogP contribution in [0, 0.1) is 0 Å². The summed E-state index contributed by atoms with van der Waals surface area (Å²) in [7, 11) is 0. The molecule has 0 heterocycles. The van der Waals surface area contributed by atoms with Crippen LogP contribution in [-0.2, 0) is 0 Å². The Bertz CT molecular complexity index is 585.